The van der Waals surface area contributed by atoms with Gasteiger partial charge in [-0.3, -0.25) is 4.79 Å². The predicted molar refractivity (Wildman–Crippen MR) is 123 cm³/mol. The van der Waals surface area contributed by atoms with Gasteiger partial charge >= 0.3 is 0 Å². The fraction of sp³-hybridized carbons (Fsp3) is 0.458. The highest BCUT2D eigenvalue weighted by Gasteiger charge is 2.26. The van der Waals surface area contributed by atoms with Gasteiger partial charge in [-0.2, -0.15) is 0 Å². The monoisotopic (exact) mass is 430 g/mol. The average Bonchev–Trinajstić information content (AvgIpc) is 2.70. The summed E-state index contributed by atoms with van der Waals surface area (Å²) in [6, 6.07) is 11.0. The van der Waals surface area contributed by atoms with Crippen molar-refractivity contribution < 1.29 is 13.2 Å². The van der Waals surface area contributed by atoms with E-state index in [1.165, 1.54) is 0 Å². The van der Waals surface area contributed by atoms with Crippen LogP contribution in [-0.4, -0.2) is 21.4 Å². The van der Waals surface area contributed by atoms with E-state index in [0.29, 0.717) is 16.4 Å². The van der Waals surface area contributed by atoms with Crippen molar-refractivity contribution in [1.29, 1.82) is 0 Å². The summed E-state index contributed by atoms with van der Waals surface area (Å²) in [4.78, 5) is 12.3. The first-order valence-electron chi connectivity index (χ1n) is 10.5. The number of sulfonamides is 1. The quantitative estimate of drug-likeness (QED) is 0.626. The summed E-state index contributed by atoms with van der Waals surface area (Å²) in [6.45, 7) is 12.5. The summed E-state index contributed by atoms with van der Waals surface area (Å²) in [5, 5.41) is 2.58. The Morgan fingerprint density at radius 2 is 1.47 bits per heavy atom. The average molecular weight is 431 g/mol. The van der Waals surface area contributed by atoms with Crippen molar-refractivity contribution in [3.63, 3.8) is 0 Å². The van der Waals surface area contributed by atoms with E-state index in [4.69, 9.17) is 0 Å². The maximum absolute atomic E-state index is 13.4. The summed E-state index contributed by atoms with van der Waals surface area (Å²) < 4.78 is 29.6. The summed E-state index contributed by atoms with van der Waals surface area (Å²) >= 11 is 0. The number of nitrogens with one attached hydrogen (secondary N) is 2. The largest absolute Gasteiger partial charge is 0.355 e. The lowest BCUT2D eigenvalue weighted by Crippen LogP contribution is -2.27. The van der Waals surface area contributed by atoms with Crippen molar-refractivity contribution in [3.05, 3.63) is 64.2 Å². The lowest BCUT2D eigenvalue weighted by Gasteiger charge is -2.23. The molecule has 1 amide bonds. The molecule has 0 radical (unpaired) electrons. The van der Waals surface area contributed by atoms with E-state index in [1.807, 2.05) is 45.9 Å². The maximum atomic E-state index is 13.4. The fourth-order valence-electron chi connectivity index (χ4n) is 3.42. The van der Waals surface area contributed by atoms with Crippen LogP contribution in [0.2, 0.25) is 0 Å². The standard InChI is InChI=1S/C24H34N2O3S/c1-15(2)20-12-21(16(3)4)23(22(13-20)17(5)6)30(28,29)26-14-18-9-8-10-19(11-18)24(27)25-7/h8-13,15-17,26H,14H2,1-7H3,(H,25,27). The molecule has 0 fully saturated rings. The van der Waals surface area contributed by atoms with Crippen molar-refractivity contribution in [2.45, 2.75) is 70.7 Å². The molecule has 0 aromatic heterocycles. The molecule has 2 aromatic carbocycles. The van der Waals surface area contributed by atoms with E-state index in [1.54, 1.807) is 25.2 Å². The van der Waals surface area contributed by atoms with Crippen LogP contribution in [0.25, 0.3) is 0 Å². The van der Waals surface area contributed by atoms with E-state index in [9.17, 15) is 13.2 Å². The first-order chi connectivity index (χ1) is 14.0. The topological polar surface area (TPSA) is 75.3 Å². The molecule has 0 heterocycles. The molecule has 5 nitrogen and oxygen atoms in total. The number of hydrogen-bond donors (Lipinski definition) is 2. The number of hydrogen-bond acceptors (Lipinski definition) is 3. The highest BCUT2D eigenvalue weighted by atomic mass is 32.2. The first-order valence-corrected chi connectivity index (χ1v) is 11.9. The van der Waals surface area contributed by atoms with Gasteiger partial charge in [0.2, 0.25) is 10.0 Å². The van der Waals surface area contributed by atoms with E-state index in [2.05, 4.69) is 23.9 Å². The van der Waals surface area contributed by atoms with Crippen molar-refractivity contribution >= 4 is 15.9 Å². The van der Waals surface area contributed by atoms with E-state index in [0.717, 1.165) is 22.3 Å². The van der Waals surface area contributed by atoms with Gasteiger partial charge in [0.15, 0.2) is 0 Å². The number of carbonyl (C=O) groups is 1. The summed E-state index contributed by atoms with van der Waals surface area (Å²) in [6.07, 6.45) is 0. The second kappa shape index (κ2) is 9.75. The van der Waals surface area contributed by atoms with Crippen LogP contribution < -0.4 is 10.0 Å². The second-order valence-corrected chi connectivity index (χ2v) is 10.3. The lowest BCUT2D eigenvalue weighted by molar-refractivity contribution is 0.0963. The van der Waals surface area contributed by atoms with Gasteiger partial charge in [-0.25, -0.2) is 13.1 Å². The van der Waals surface area contributed by atoms with Gasteiger partial charge < -0.3 is 5.32 Å². The summed E-state index contributed by atoms with van der Waals surface area (Å²) in [7, 11) is -2.17. The van der Waals surface area contributed by atoms with Crippen LogP contribution in [0.15, 0.2) is 41.3 Å². The second-order valence-electron chi connectivity index (χ2n) is 8.60. The zero-order valence-electron chi connectivity index (χ0n) is 19.0. The maximum Gasteiger partial charge on any atom is 0.251 e. The smallest absolute Gasteiger partial charge is 0.251 e. The van der Waals surface area contributed by atoms with Crippen LogP contribution in [0.4, 0.5) is 0 Å². The lowest BCUT2D eigenvalue weighted by atomic mass is 9.89. The molecule has 2 rings (SSSR count). The van der Waals surface area contributed by atoms with Crippen molar-refractivity contribution in [2.24, 2.45) is 0 Å². The highest BCUT2D eigenvalue weighted by Crippen LogP contribution is 2.35. The molecule has 0 atom stereocenters. The van der Waals surface area contributed by atoms with Gasteiger partial charge in [0.05, 0.1) is 4.90 Å². The van der Waals surface area contributed by atoms with Gasteiger partial charge in [-0.15, -0.1) is 0 Å². The molecular weight excluding hydrogens is 396 g/mol. The molecular formula is C24H34N2O3S. The van der Waals surface area contributed by atoms with Crippen LogP contribution in [-0.2, 0) is 16.6 Å². The van der Waals surface area contributed by atoms with Gasteiger partial charge in [0.25, 0.3) is 5.91 Å². The van der Waals surface area contributed by atoms with E-state index >= 15 is 0 Å². The minimum Gasteiger partial charge on any atom is -0.355 e. The van der Waals surface area contributed by atoms with Crippen molar-refractivity contribution in [1.82, 2.24) is 10.0 Å². The molecule has 0 unspecified atom stereocenters. The summed E-state index contributed by atoms with van der Waals surface area (Å²) in [5.74, 6) is 0.263. The molecule has 2 aromatic rings. The Kier molecular flexibility index (Phi) is 7.83. The molecule has 0 saturated heterocycles. The molecule has 0 aliphatic heterocycles. The fourth-order valence-corrected chi connectivity index (χ4v) is 5.13. The third-order valence-electron chi connectivity index (χ3n) is 5.23. The molecule has 0 aliphatic carbocycles. The molecule has 30 heavy (non-hydrogen) atoms. The van der Waals surface area contributed by atoms with E-state index < -0.39 is 10.0 Å². The van der Waals surface area contributed by atoms with Gasteiger partial charge in [-0.1, -0.05) is 65.8 Å². The molecule has 6 heteroatoms. The third kappa shape index (κ3) is 5.49. The van der Waals surface area contributed by atoms with Crippen LogP contribution in [0.5, 0.6) is 0 Å². The molecule has 0 aliphatic rings. The van der Waals surface area contributed by atoms with Crippen molar-refractivity contribution in [3.8, 4) is 0 Å². The Hall–Kier alpha value is -2.18. The Morgan fingerprint density at radius 3 is 1.93 bits per heavy atom. The number of rotatable bonds is 8. The number of carbonyl (C=O) groups excluding carboxylic acids is 1. The molecule has 0 saturated carbocycles. The molecule has 164 valence electrons. The van der Waals surface area contributed by atoms with Crippen LogP contribution >= 0.6 is 0 Å². The Morgan fingerprint density at radius 1 is 0.900 bits per heavy atom. The van der Waals surface area contributed by atoms with Gasteiger partial charge in [-0.05, 0) is 52.1 Å². The SMILES string of the molecule is CNC(=O)c1cccc(CNS(=O)(=O)c2c(C(C)C)cc(C(C)C)cc2C(C)C)c1. The van der Waals surface area contributed by atoms with Crippen LogP contribution in [0.1, 0.15) is 91.9 Å². The zero-order chi connectivity index (χ0) is 22.6. The molecule has 2 N–H and O–H groups in total. The van der Waals surface area contributed by atoms with Gasteiger partial charge in [0.1, 0.15) is 0 Å². The number of amides is 1. The minimum atomic E-state index is -3.74. The normalized spacial score (nSPS) is 12.1. The molecule has 0 spiro atoms. The van der Waals surface area contributed by atoms with Crippen LogP contribution in [0, 0.1) is 0 Å². The highest BCUT2D eigenvalue weighted by molar-refractivity contribution is 7.89. The Labute approximate surface area is 181 Å². The first kappa shape index (κ1) is 24.1. The van der Waals surface area contributed by atoms with Crippen LogP contribution in [0.3, 0.4) is 0 Å². The number of benzene rings is 2. The predicted octanol–water partition coefficient (Wildman–Crippen LogP) is 4.89. The zero-order valence-corrected chi connectivity index (χ0v) is 19.9. The summed E-state index contributed by atoms with van der Waals surface area (Å²) in [5.41, 5.74) is 4.07. The third-order valence-corrected chi connectivity index (χ3v) is 6.76. The Balaban J connectivity index is 2.47. The molecule has 0 bridgehead atoms. The van der Waals surface area contributed by atoms with Crippen molar-refractivity contribution in [2.75, 3.05) is 7.05 Å². The minimum absolute atomic E-state index is 0.0735. The van der Waals surface area contributed by atoms with E-state index in [-0.39, 0.29) is 24.3 Å². The van der Waals surface area contributed by atoms with Gasteiger partial charge in [0, 0.05) is 19.2 Å². The Bertz CT molecular complexity index is 980.